The highest BCUT2D eigenvalue weighted by Gasteiger charge is 2.11. The van der Waals surface area contributed by atoms with E-state index in [1.54, 1.807) is 12.1 Å². The number of hydrogen-bond acceptors (Lipinski definition) is 3. The lowest BCUT2D eigenvalue weighted by molar-refractivity contribution is 0.100. The topological polar surface area (TPSA) is 81.1 Å². The van der Waals surface area contributed by atoms with Crippen molar-refractivity contribution < 1.29 is 9.18 Å². The van der Waals surface area contributed by atoms with Crippen molar-refractivity contribution >= 4 is 50.5 Å². The quantitative estimate of drug-likeness (QED) is 0.732. The summed E-state index contributed by atoms with van der Waals surface area (Å²) < 4.78 is 13.6. The van der Waals surface area contributed by atoms with Crippen LogP contribution in [0.1, 0.15) is 10.4 Å². The predicted molar refractivity (Wildman–Crippen MR) is 81.8 cm³/mol. The number of primary amides is 1. The average molecular weight is 359 g/mol. The number of carbonyl (C=O) groups is 1. The monoisotopic (exact) mass is 357 g/mol. The van der Waals surface area contributed by atoms with Crippen molar-refractivity contribution in [3.05, 3.63) is 51.2 Å². The Kier molecular flexibility index (Phi) is 4.15. The normalized spacial score (nSPS) is 10.3. The predicted octanol–water partition coefficient (Wildman–Crippen LogP) is 3.67. The minimum absolute atomic E-state index is 0.198. The molecule has 0 saturated heterocycles. The van der Waals surface area contributed by atoms with Gasteiger partial charge in [-0.2, -0.15) is 0 Å². The van der Waals surface area contributed by atoms with Gasteiger partial charge >= 0.3 is 0 Å². The van der Waals surface area contributed by atoms with Crippen LogP contribution in [0.5, 0.6) is 0 Å². The van der Waals surface area contributed by atoms with Crippen molar-refractivity contribution in [2.45, 2.75) is 0 Å². The number of anilines is 3. The molecular weight excluding hydrogens is 349 g/mol. The molecule has 0 spiro atoms. The van der Waals surface area contributed by atoms with Gasteiger partial charge in [-0.25, -0.2) is 4.39 Å². The fourth-order valence-corrected chi connectivity index (χ4v) is 2.55. The van der Waals surface area contributed by atoms with Gasteiger partial charge in [0.05, 0.1) is 16.3 Å². The Labute approximate surface area is 128 Å². The highest BCUT2D eigenvalue weighted by Crippen LogP contribution is 2.34. The van der Waals surface area contributed by atoms with Crippen molar-refractivity contribution in [1.29, 1.82) is 0 Å². The summed E-state index contributed by atoms with van der Waals surface area (Å²) in [6, 6.07) is 7.17. The lowest BCUT2D eigenvalue weighted by Crippen LogP contribution is -2.13. The number of carbonyl (C=O) groups excluding carboxylic acids is 1. The van der Waals surface area contributed by atoms with E-state index >= 15 is 0 Å². The average Bonchev–Trinajstić information content (AvgIpc) is 2.35. The number of amides is 1. The molecule has 0 bridgehead atoms. The maximum Gasteiger partial charge on any atom is 0.250 e. The second-order valence-corrected chi connectivity index (χ2v) is 5.30. The number of rotatable bonds is 3. The molecular formula is C13H10BrClFN3O. The van der Waals surface area contributed by atoms with Gasteiger partial charge in [-0.1, -0.05) is 11.6 Å². The van der Waals surface area contributed by atoms with E-state index < -0.39 is 11.7 Å². The minimum atomic E-state index is -0.629. The Morgan fingerprint density at radius 2 is 2.00 bits per heavy atom. The number of nitrogens with two attached hydrogens (primary N) is 2. The molecule has 4 nitrogen and oxygen atoms in total. The van der Waals surface area contributed by atoms with Crippen LogP contribution in [0, 0.1) is 5.82 Å². The van der Waals surface area contributed by atoms with E-state index in [1.165, 1.54) is 18.2 Å². The van der Waals surface area contributed by atoms with Crippen LogP contribution in [-0.2, 0) is 0 Å². The fourth-order valence-electron chi connectivity index (χ4n) is 1.65. The Balaban J connectivity index is 2.41. The fraction of sp³-hybridized carbons (Fsp3) is 0. The Hall–Kier alpha value is -1.79. The van der Waals surface area contributed by atoms with Crippen LogP contribution in [0.4, 0.5) is 21.5 Å². The van der Waals surface area contributed by atoms with Gasteiger partial charge in [0, 0.05) is 15.8 Å². The molecule has 5 N–H and O–H groups in total. The first-order valence-electron chi connectivity index (χ1n) is 5.49. The summed E-state index contributed by atoms with van der Waals surface area (Å²) in [7, 11) is 0. The molecule has 0 atom stereocenters. The molecule has 0 aliphatic heterocycles. The Morgan fingerprint density at radius 1 is 1.30 bits per heavy atom. The zero-order chi connectivity index (χ0) is 14.9. The molecule has 0 radical (unpaired) electrons. The van der Waals surface area contributed by atoms with Gasteiger partial charge in [0.1, 0.15) is 5.82 Å². The van der Waals surface area contributed by atoms with Gasteiger partial charge in [-0.3, -0.25) is 4.79 Å². The zero-order valence-corrected chi connectivity index (χ0v) is 12.4. The number of hydrogen-bond donors (Lipinski definition) is 3. The molecule has 1 amide bonds. The SMILES string of the molecule is NC(=O)c1cc(Nc2c(Cl)cc(F)cc2Br)ccc1N. The summed E-state index contributed by atoms with van der Waals surface area (Å²) in [6.07, 6.45) is 0. The van der Waals surface area contributed by atoms with E-state index in [2.05, 4.69) is 21.2 Å². The molecule has 2 rings (SSSR count). The van der Waals surface area contributed by atoms with E-state index in [-0.39, 0.29) is 16.3 Å². The largest absolute Gasteiger partial charge is 0.398 e. The standard InChI is InChI=1S/C13H10BrClFN3O/c14-9-3-6(16)4-10(15)12(9)19-7-1-2-11(17)8(5-7)13(18)20/h1-5,19H,17H2,(H2,18,20). The third-order valence-electron chi connectivity index (χ3n) is 2.59. The Morgan fingerprint density at radius 3 is 2.60 bits per heavy atom. The van der Waals surface area contributed by atoms with Crippen molar-refractivity contribution in [2.75, 3.05) is 11.1 Å². The second kappa shape index (κ2) is 5.68. The molecule has 0 heterocycles. The third-order valence-corrected chi connectivity index (χ3v) is 3.52. The number of nitrogens with one attached hydrogen (secondary N) is 1. The van der Waals surface area contributed by atoms with E-state index in [4.69, 9.17) is 23.1 Å². The first-order valence-corrected chi connectivity index (χ1v) is 6.66. The molecule has 2 aromatic rings. The maximum atomic E-state index is 13.2. The zero-order valence-electron chi connectivity index (χ0n) is 10.1. The van der Waals surface area contributed by atoms with Crippen LogP contribution < -0.4 is 16.8 Å². The molecule has 104 valence electrons. The third kappa shape index (κ3) is 3.02. The van der Waals surface area contributed by atoms with Crippen LogP contribution in [0.15, 0.2) is 34.8 Å². The molecule has 2 aromatic carbocycles. The highest BCUT2D eigenvalue weighted by molar-refractivity contribution is 9.10. The maximum absolute atomic E-state index is 13.2. The van der Waals surface area contributed by atoms with Gasteiger partial charge in [0.2, 0.25) is 0 Å². The van der Waals surface area contributed by atoms with Crippen LogP contribution in [0.2, 0.25) is 5.02 Å². The summed E-state index contributed by atoms with van der Waals surface area (Å²) in [4.78, 5) is 11.2. The second-order valence-electron chi connectivity index (χ2n) is 4.04. The molecule has 0 aliphatic rings. The minimum Gasteiger partial charge on any atom is -0.398 e. The smallest absolute Gasteiger partial charge is 0.250 e. The highest BCUT2D eigenvalue weighted by atomic mass is 79.9. The van der Waals surface area contributed by atoms with Gasteiger partial charge in [-0.15, -0.1) is 0 Å². The summed E-state index contributed by atoms with van der Waals surface area (Å²) in [5, 5.41) is 3.18. The van der Waals surface area contributed by atoms with Gasteiger partial charge in [0.25, 0.3) is 5.91 Å². The van der Waals surface area contributed by atoms with Crippen molar-refractivity contribution in [1.82, 2.24) is 0 Å². The first kappa shape index (κ1) is 14.6. The molecule has 0 aromatic heterocycles. The number of benzene rings is 2. The summed E-state index contributed by atoms with van der Waals surface area (Å²) >= 11 is 9.18. The van der Waals surface area contributed by atoms with Crippen LogP contribution in [0.3, 0.4) is 0 Å². The summed E-state index contributed by atoms with van der Waals surface area (Å²) in [6.45, 7) is 0. The molecule has 0 saturated carbocycles. The number of nitrogen functional groups attached to an aromatic ring is 1. The van der Waals surface area contributed by atoms with E-state index in [9.17, 15) is 9.18 Å². The van der Waals surface area contributed by atoms with E-state index in [0.717, 1.165) is 0 Å². The lowest BCUT2D eigenvalue weighted by atomic mass is 10.1. The van der Waals surface area contributed by atoms with Crippen molar-refractivity contribution in [3.8, 4) is 0 Å². The van der Waals surface area contributed by atoms with Crippen molar-refractivity contribution in [2.24, 2.45) is 5.73 Å². The van der Waals surface area contributed by atoms with Crippen molar-refractivity contribution in [3.63, 3.8) is 0 Å². The van der Waals surface area contributed by atoms with E-state index in [1.807, 2.05) is 0 Å². The first-order chi connectivity index (χ1) is 9.38. The van der Waals surface area contributed by atoms with Crippen LogP contribution in [0.25, 0.3) is 0 Å². The lowest BCUT2D eigenvalue weighted by Gasteiger charge is -2.12. The Bertz CT molecular complexity index is 670. The summed E-state index contributed by atoms with van der Waals surface area (Å²) in [5.74, 6) is -1.09. The molecule has 7 heteroatoms. The van der Waals surface area contributed by atoms with E-state index in [0.29, 0.717) is 15.8 Å². The molecule has 0 aliphatic carbocycles. The van der Waals surface area contributed by atoms with Crippen LogP contribution >= 0.6 is 27.5 Å². The summed E-state index contributed by atoms with van der Waals surface area (Å²) in [5.41, 5.74) is 12.4. The molecule has 0 unspecified atom stereocenters. The van der Waals surface area contributed by atoms with Crippen LogP contribution in [-0.4, -0.2) is 5.91 Å². The molecule has 0 fully saturated rings. The molecule has 20 heavy (non-hydrogen) atoms. The van der Waals surface area contributed by atoms with Gasteiger partial charge < -0.3 is 16.8 Å². The number of halogens is 3. The van der Waals surface area contributed by atoms with Gasteiger partial charge in [0.15, 0.2) is 0 Å². The van der Waals surface area contributed by atoms with Gasteiger partial charge in [-0.05, 0) is 46.3 Å².